The molecule has 1 aliphatic carbocycles. The molecule has 1 amide bonds. The van der Waals surface area contributed by atoms with Crippen LogP contribution >= 0.6 is 11.8 Å². The number of carbonyl (C=O) groups excluding carboxylic acids is 1. The lowest BCUT2D eigenvalue weighted by Gasteiger charge is -2.29. The maximum absolute atomic E-state index is 12.5. The van der Waals surface area contributed by atoms with Gasteiger partial charge in [-0.15, -0.1) is 0 Å². The number of amides is 1. The molecular weight excluding hydrogens is 338 g/mol. The predicted molar refractivity (Wildman–Crippen MR) is 98.2 cm³/mol. The fraction of sp³-hybridized carbons (Fsp3) is 0.722. The third-order valence-electron chi connectivity index (χ3n) is 4.91. The summed E-state index contributed by atoms with van der Waals surface area (Å²) in [5.74, 6) is 0.548. The van der Waals surface area contributed by atoms with Crippen molar-refractivity contribution < 1.29 is 9.53 Å². The van der Waals surface area contributed by atoms with E-state index in [9.17, 15) is 9.59 Å². The van der Waals surface area contributed by atoms with Crippen LogP contribution in [-0.4, -0.2) is 40.0 Å². The summed E-state index contributed by atoms with van der Waals surface area (Å²) in [6.07, 6.45) is 9.02. The van der Waals surface area contributed by atoms with Crippen LogP contribution in [0.2, 0.25) is 0 Å². The maximum atomic E-state index is 12.5. The summed E-state index contributed by atoms with van der Waals surface area (Å²) in [6.45, 7) is 3.66. The summed E-state index contributed by atoms with van der Waals surface area (Å²) >= 11 is 1.55. The summed E-state index contributed by atoms with van der Waals surface area (Å²) in [5.41, 5.74) is -0.0652. The number of aromatic nitrogens is 2. The van der Waals surface area contributed by atoms with E-state index in [4.69, 9.17) is 4.74 Å². The van der Waals surface area contributed by atoms with Gasteiger partial charge in [0, 0.05) is 31.1 Å². The quantitative estimate of drug-likeness (QED) is 0.594. The first-order valence-electron chi connectivity index (χ1n) is 9.34. The van der Waals surface area contributed by atoms with Crippen LogP contribution in [0.25, 0.3) is 0 Å². The van der Waals surface area contributed by atoms with Gasteiger partial charge in [0.2, 0.25) is 0 Å². The Balaban J connectivity index is 1.48. The molecule has 1 aromatic heterocycles. The molecular formula is C18H27N3O3S. The van der Waals surface area contributed by atoms with Gasteiger partial charge >= 0.3 is 0 Å². The van der Waals surface area contributed by atoms with E-state index in [-0.39, 0.29) is 23.1 Å². The molecule has 2 heterocycles. The number of nitrogens with zero attached hydrogens (tertiary/aromatic N) is 2. The molecule has 0 bridgehead atoms. The van der Waals surface area contributed by atoms with Gasteiger partial charge in [-0.2, -0.15) is 0 Å². The lowest BCUT2D eigenvalue weighted by Crippen LogP contribution is -2.41. The van der Waals surface area contributed by atoms with Crippen LogP contribution in [0.1, 0.15) is 62.2 Å². The van der Waals surface area contributed by atoms with Gasteiger partial charge in [-0.25, -0.2) is 4.98 Å². The lowest BCUT2D eigenvalue weighted by atomic mass is 9.92. The number of unbranched alkanes of at least 4 members (excludes halogenated alkanes) is 2. The van der Waals surface area contributed by atoms with E-state index >= 15 is 0 Å². The molecule has 1 aliphatic heterocycles. The highest BCUT2D eigenvalue weighted by molar-refractivity contribution is 7.99. The molecule has 3 rings (SSSR count). The van der Waals surface area contributed by atoms with E-state index in [0.29, 0.717) is 17.8 Å². The van der Waals surface area contributed by atoms with Crippen molar-refractivity contribution >= 4 is 17.7 Å². The van der Waals surface area contributed by atoms with Gasteiger partial charge in [-0.05, 0) is 32.1 Å². The molecule has 138 valence electrons. The molecule has 6 nitrogen and oxygen atoms in total. The minimum absolute atomic E-state index is 0.120. The van der Waals surface area contributed by atoms with Gasteiger partial charge < -0.3 is 10.1 Å². The van der Waals surface area contributed by atoms with Crippen molar-refractivity contribution in [2.45, 2.75) is 75.7 Å². The highest BCUT2D eigenvalue weighted by atomic mass is 32.2. The Morgan fingerprint density at radius 2 is 2.16 bits per heavy atom. The topological polar surface area (TPSA) is 73.2 Å². The van der Waals surface area contributed by atoms with Gasteiger partial charge in [-0.1, -0.05) is 31.5 Å². The molecule has 0 unspecified atom stereocenters. The Hall–Kier alpha value is -1.34. The number of fused-ring (bicyclic) bond motifs is 1. The number of nitrogens with one attached hydrogen (secondary N) is 1. The summed E-state index contributed by atoms with van der Waals surface area (Å²) in [5, 5.41) is 3.72. The molecule has 1 saturated carbocycles. The number of thioether (sulfide) groups is 1. The maximum Gasteiger partial charge on any atom is 0.267 e. The highest BCUT2D eigenvalue weighted by Crippen LogP contribution is 2.23. The zero-order valence-electron chi connectivity index (χ0n) is 14.8. The first kappa shape index (κ1) is 18.5. The van der Waals surface area contributed by atoms with Crippen molar-refractivity contribution in [3.63, 3.8) is 0 Å². The van der Waals surface area contributed by atoms with E-state index < -0.39 is 0 Å². The van der Waals surface area contributed by atoms with Crippen molar-refractivity contribution in [2.24, 2.45) is 0 Å². The summed E-state index contributed by atoms with van der Waals surface area (Å²) in [4.78, 5) is 29.1. The molecule has 0 aromatic carbocycles. The molecule has 0 atom stereocenters. The second-order valence-electron chi connectivity index (χ2n) is 6.78. The molecule has 25 heavy (non-hydrogen) atoms. The molecule has 0 saturated heterocycles. The number of carbonyl (C=O) groups is 1. The van der Waals surface area contributed by atoms with Gasteiger partial charge in [0.1, 0.15) is 5.56 Å². The Morgan fingerprint density at radius 1 is 1.36 bits per heavy atom. The molecule has 7 heteroatoms. The molecule has 1 aromatic rings. The number of hydrogen-bond donors (Lipinski definition) is 1. The van der Waals surface area contributed by atoms with Gasteiger partial charge in [0.15, 0.2) is 5.16 Å². The third kappa shape index (κ3) is 4.64. The Bertz CT molecular complexity index is 653. The standard InChI is InChI=1S/C18H27N3O3S/c1-2-3-4-10-24-14-7-5-13(6-8-14)20-16(22)15-12-19-18-21(17(15)23)9-11-25-18/h12-14H,2-11H2,1H3,(H,20,22). The van der Waals surface area contributed by atoms with Crippen LogP contribution in [-0.2, 0) is 11.3 Å². The second-order valence-corrected chi connectivity index (χ2v) is 7.85. The van der Waals surface area contributed by atoms with E-state index in [1.165, 1.54) is 19.0 Å². The van der Waals surface area contributed by atoms with Crippen LogP contribution in [0, 0.1) is 0 Å². The summed E-state index contributed by atoms with van der Waals surface area (Å²) < 4.78 is 7.51. The Labute approximate surface area is 152 Å². The number of ether oxygens (including phenoxy) is 1. The Morgan fingerprint density at radius 3 is 2.92 bits per heavy atom. The first-order valence-corrected chi connectivity index (χ1v) is 10.3. The first-order chi connectivity index (χ1) is 12.2. The average molecular weight is 365 g/mol. The molecule has 0 radical (unpaired) electrons. The molecule has 1 N–H and O–H groups in total. The lowest BCUT2D eigenvalue weighted by molar-refractivity contribution is 0.0204. The minimum atomic E-state index is -0.294. The largest absolute Gasteiger partial charge is 0.378 e. The smallest absolute Gasteiger partial charge is 0.267 e. The van der Waals surface area contributed by atoms with Crippen LogP contribution < -0.4 is 10.9 Å². The fourth-order valence-electron chi connectivity index (χ4n) is 3.41. The molecule has 2 aliphatic rings. The SMILES string of the molecule is CCCCCOC1CCC(NC(=O)c2cnc3n(c2=O)CCS3)CC1. The number of hydrogen-bond acceptors (Lipinski definition) is 5. The zero-order chi connectivity index (χ0) is 17.6. The van der Waals surface area contributed by atoms with Gasteiger partial charge in [-0.3, -0.25) is 14.2 Å². The predicted octanol–water partition coefficient (Wildman–Crippen LogP) is 2.60. The van der Waals surface area contributed by atoms with Crippen molar-refractivity contribution in [3.8, 4) is 0 Å². The third-order valence-corrected chi connectivity index (χ3v) is 5.88. The average Bonchev–Trinajstić information content (AvgIpc) is 3.10. The van der Waals surface area contributed by atoms with E-state index in [1.807, 2.05) is 0 Å². The number of rotatable bonds is 7. The highest BCUT2D eigenvalue weighted by Gasteiger charge is 2.25. The van der Waals surface area contributed by atoms with Gasteiger partial charge in [0.25, 0.3) is 11.5 Å². The van der Waals surface area contributed by atoms with E-state index in [0.717, 1.165) is 44.5 Å². The van der Waals surface area contributed by atoms with Crippen LogP contribution in [0.4, 0.5) is 0 Å². The summed E-state index contributed by atoms with van der Waals surface area (Å²) in [6, 6.07) is 0.120. The molecule has 1 fully saturated rings. The van der Waals surface area contributed by atoms with Crippen molar-refractivity contribution in [2.75, 3.05) is 12.4 Å². The molecule has 0 spiro atoms. The van der Waals surface area contributed by atoms with Crippen molar-refractivity contribution in [1.29, 1.82) is 0 Å². The van der Waals surface area contributed by atoms with Gasteiger partial charge in [0.05, 0.1) is 6.10 Å². The van der Waals surface area contributed by atoms with Crippen LogP contribution in [0.15, 0.2) is 16.1 Å². The second kappa shape index (κ2) is 8.85. The minimum Gasteiger partial charge on any atom is -0.378 e. The van der Waals surface area contributed by atoms with Crippen molar-refractivity contribution in [1.82, 2.24) is 14.9 Å². The Kier molecular flexibility index (Phi) is 6.53. The fourth-order valence-corrected chi connectivity index (χ4v) is 4.33. The van der Waals surface area contributed by atoms with E-state index in [1.54, 1.807) is 16.3 Å². The zero-order valence-corrected chi connectivity index (χ0v) is 15.6. The van der Waals surface area contributed by atoms with Crippen molar-refractivity contribution in [3.05, 3.63) is 22.1 Å². The summed E-state index contributed by atoms with van der Waals surface area (Å²) in [7, 11) is 0. The normalized spacial score (nSPS) is 22.6. The van der Waals surface area contributed by atoms with Crippen LogP contribution in [0.3, 0.4) is 0 Å². The monoisotopic (exact) mass is 365 g/mol. The van der Waals surface area contributed by atoms with Crippen LogP contribution in [0.5, 0.6) is 0 Å². The van der Waals surface area contributed by atoms with E-state index in [2.05, 4.69) is 17.2 Å².